The Morgan fingerprint density at radius 3 is 2.90 bits per heavy atom. The minimum absolute atomic E-state index is 0.257. The maximum absolute atomic E-state index is 13.2. The summed E-state index contributed by atoms with van der Waals surface area (Å²) in [7, 11) is 0. The summed E-state index contributed by atoms with van der Waals surface area (Å²) in [6, 6.07) is 4.62. The minimum Gasteiger partial charge on any atom is -0.369 e. The smallest absolute Gasteiger partial charge is 0.168 e. The highest BCUT2D eigenvalue weighted by molar-refractivity contribution is 5.87. The summed E-state index contributed by atoms with van der Waals surface area (Å²) in [5, 5.41) is 8.49. The molecule has 0 amide bonds. The normalized spacial score (nSPS) is 11.0. The molecule has 0 aliphatic carbocycles. The predicted molar refractivity (Wildman–Crippen MR) is 80.1 cm³/mol. The van der Waals surface area contributed by atoms with Crippen molar-refractivity contribution in [1.29, 1.82) is 0 Å². The van der Waals surface area contributed by atoms with E-state index in [1.165, 1.54) is 18.5 Å². The van der Waals surface area contributed by atoms with E-state index in [1.54, 1.807) is 16.9 Å². The number of rotatable bonds is 4. The molecule has 6 heteroatoms. The van der Waals surface area contributed by atoms with Crippen molar-refractivity contribution in [3.63, 3.8) is 0 Å². The first kappa shape index (κ1) is 13.5. The summed E-state index contributed by atoms with van der Waals surface area (Å²) in [5.41, 5.74) is 2.33. The lowest BCUT2D eigenvalue weighted by Gasteiger charge is -2.08. The van der Waals surface area contributed by atoms with E-state index >= 15 is 0 Å². The molecule has 0 saturated carbocycles. The third-order valence-electron chi connectivity index (χ3n) is 3.30. The Hall–Kier alpha value is -2.50. The first-order chi connectivity index (χ1) is 10.2. The molecule has 5 nitrogen and oxygen atoms in total. The third-order valence-corrected chi connectivity index (χ3v) is 3.30. The number of aryl methyl sites for hydroxylation is 1. The predicted octanol–water partition coefficient (Wildman–Crippen LogP) is 3.08. The molecule has 3 aromatic rings. The largest absolute Gasteiger partial charge is 0.369 e. The number of nitrogens with zero attached hydrogens (tertiary/aromatic N) is 4. The summed E-state index contributed by atoms with van der Waals surface area (Å²) in [4.78, 5) is 8.56. The van der Waals surface area contributed by atoms with E-state index in [0.29, 0.717) is 5.65 Å². The van der Waals surface area contributed by atoms with Gasteiger partial charge in [0.25, 0.3) is 0 Å². The SMILES string of the molecule is CCCNc1ncnc2c1cnn2-c1ccc(F)cc1C. The van der Waals surface area contributed by atoms with Gasteiger partial charge in [0.2, 0.25) is 0 Å². The number of anilines is 1. The summed E-state index contributed by atoms with van der Waals surface area (Å²) in [6.45, 7) is 4.78. The number of aromatic nitrogens is 4. The molecular weight excluding hydrogens is 269 g/mol. The molecule has 2 aromatic heterocycles. The molecule has 21 heavy (non-hydrogen) atoms. The zero-order valence-corrected chi connectivity index (χ0v) is 12.0. The Kier molecular flexibility index (Phi) is 3.51. The Labute approximate surface area is 121 Å². The van der Waals surface area contributed by atoms with Crippen molar-refractivity contribution in [2.75, 3.05) is 11.9 Å². The molecule has 0 aliphatic heterocycles. The Balaban J connectivity index is 2.12. The molecule has 0 saturated heterocycles. The van der Waals surface area contributed by atoms with Crippen LogP contribution >= 0.6 is 0 Å². The van der Waals surface area contributed by atoms with Crippen molar-refractivity contribution in [3.05, 3.63) is 42.1 Å². The van der Waals surface area contributed by atoms with E-state index in [4.69, 9.17) is 0 Å². The van der Waals surface area contributed by atoms with Crippen LogP contribution in [0.3, 0.4) is 0 Å². The molecule has 3 rings (SSSR count). The van der Waals surface area contributed by atoms with Crippen molar-refractivity contribution < 1.29 is 4.39 Å². The molecule has 1 aromatic carbocycles. The van der Waals surface area contributed by atoms with Gasteiger partial charge >= 0.3 is 0 Å². The molecule has 2 heterocycles. The quantitative estimate of drug-likeness (QED) is 0.800. The Bertz CT molecular complexity index is 781. The van der Waals surface area contributed by atoms with E-state index in [1.807, 2.05) is 6.92 Å². The summed E-state index contributed by atoms with van der Waals surface area (Å²) in [5.74, 6) is 0.514. The maximum atomic E-state index is 13.2. The summed E-state index contributed by atoms with van der Waals surface area (Å²) < 4.78 is 15.0. The highest BCUT2D eigenvalue weighted by Gasteiger charge is 2.12. The topological polar surface area (TPSA) is 55.6 Å². The molecule has 0 radical (unpaired) electrons. The molecule has 0 atom stereocenters. The summed E-state index contributed by atoms with van der Waals surface area (Å²) >= 11 is 0. The highest BCUT2D eigenvalue weighted by atomic mass is 19.1. The van der Waals surface area contributed by atoms with Gasteiger partial charge in [-0.05, 0) is 37.1 Å². The molecule has 0 spiro atoms. The van der Waals surface area contributed by atoms with Gasteiger partial charge < -0.3 is 5.32 Å². The number of fused-ring (bicyclic) bond motifs is 1. The van der Waals surface area contributed by atoms with Crippen LogP contribution in [0.5, 0.6) is 0 Å². The van der Waals surface area contributed by atoms with Crippen LogP contribution in [0.2, 0.25) is 0 Å². The number of hydrogen-bond donors (Lipinski definition) is 1. The number of benzene rings is 1. The van der Waals surface area contributed by atoms with Crippen molar-refractivity contribution in [3.8, 4) is 5.69 Å². The molecule has 1 N–H and O–H groups in total. The van der Waals surface area contributed by atoms with Crippen molar-refractivity contribution in [1.82, 2.24) is 19.7 Å². The standard InChI is InChI=1S/C15H16FN5/c1-3-6-17-14-12-8-20-21(15(12)19-9-18-14)13-5-4-11(16)7-10(13)2/h4-5,7-9H,3,6H2,1-2H3,(H,17,18,19). The number of halogens is 1. The van der Waals surface area contributed by atoms with Crippen LogP contribution in [-0.4, -0.2) is 26.3 Å². The maximum Gasteiger partial charge on any atom is 0.168 e. The molecule has 0 unspecified atom stereocenters. The molecule has 0 fully saturated rings. The van der Waals surface area contributed by atoms with Crippen molar-refractivity contribution in [2.45, 2.75) is 20.3 Å². The lowest BCUT2D eigenvalue weighted by molar-refractivity contribution is 0.625. The van der Waals surface area contributed by atoms with Crippen LogP contribution in [0.15, 0.2) is 30.7 Å². The van der Waals surface area contributed by atoms with Gasteiger partial charge in [-0.15, -0.1) is 0 Å². The highest BCUT2D eigenvalue weighted by Crippen LogP contribution is 2.23. The van der Waals surface area contributed by atoms with Gasteiger partial charge in [-0.2, -0.15) is 5.10 Å². The molecule has 108 valence electrons. The lowest BCUT2D eigenvalue weighted by atomic mass is 10.2. The van der Waals surface area contributed by atoms with Gasteiger partial charge in [0, 0.05) is 6.54 Å². The molecule has 0 aliphatic rings. The fraction of sp³-hybridized carbons (Fsp3) is 0.267. The van der Waals surface area contributed by atoms with Gasteiger partial charge in [0.1, 0.15) is 18.0 Å². The number of nitrogens with one attached hydrogen (secondary N) is 1. The molecular formula is C15H16FN5. The number of hydrogen-bond acceptors (Lipinski definition) is 4. The average molecular weight is 285 g/mol. The van der Waals surface area contributed by atoms with E-state index < -0.39 is 0 Å². The average Bonchev–Trinajstić information content (AvgIpc) is 2.89. The third kappa shape index (κ3) is 2.44. The van der Waals surface area contributed by atoms with Crippen LogP contribution in [0.1, 0.15) is 18.9 Å². The fourth-order valence-electron chi connectivity index (χ4n) is 2.26. The van der Waals surface area contributed by atoms with Crippen LogP contribution in [-0.2, 0) is 0 Å². The Morgan fingerprint density at radius 1 is 1.29 bits per heavy atom. The second kappa shape index (κ2) is 5.47. The second-order valence-corrected chi connectivity index (χ2v) is 4.87. The van der Waals surface area contributed by atoms with Crippen LogP contribution in [0.4, 0.5) is 10.2 Å². The van der Waals surface area contributed by atoms with E-state index in [9.17, 15) is 4.39 Å². The lowest BCUT2D eigenvalue weighted by Crippen LogP contribution is -2.04. The minimum atomic E-state index is -0.257. The monoisotopic (exact) mass is 285 g/mol. The van der Waals surface area contributed by atoms with E-state index in [2.05, 4.69) is 27.3 Å². The zero-order chi connectivity index (χ0) is 14.8. The fourth-order valence-corrected chi connectivity index (χ4v) is 2.26. The van der Waals surface area contributed by atoms with Gasteiger partial charge in [-0.25, -0.2) is 19.0 Å². The molecule has 0 bridgehead atoms. The van der Waals surface area contributed by atoms with Gasteiger partial charge in [0.05, 0.1) is 17.3 Å². The van der Waals surface area contributed by atoms with Crippen molar-refractivity contribution in [2.24, 2.45) is 0 Å². The summed E-state index contributed by atoms with van der Waals surface area (Å²) in [6.07, 6.45) is 4.25. The van der Waals surface area contributed by atoms with Crippen molar-refractivity contribution >= 4 is 16.9 Å². The van der Waals surface area contributed by atoms with Crippen LogP contribution in [0.25, 0.3) is 16.7 Å². The first-order valence-corrected chi connectivity index (χ1v) is 6.90. The van der Waals surface area contributed by atoms with Gasteiger partial charge in [-0.3, -0.25) is 0 Å². The van der Waals surface area contributed by atoms with Crippen LogP contribution in [0, 0.1) is 12.7 Å². The first-order valence-electron chi connectivity index (χ1n) is 6.90. The Morgan fingerprint density at radius 2 is 2.14 bits per heavy atom. The van der Waals surface area contributed by atoms with E-state index in [-0.39, 0.29) is 5.82 Å². The zero-order valence-electron chi connectivity index (χ0n) is 12.0. The second-order valence-electron chi connectivity index (χ2n) is 4.87. The van der Waals surface area contributed by atoms with E-state index in [0.717, 1.165) is 35.4 Å². The van der Waals surface area contributed by atoms with Gasteiger partial charge in [0.15, 0.2) is 5.65 Å². The van der Waals surface area contributed by atoms with Gasteiger partial charge in [-0.1, -0.05) is 6.92 Å². The van der Waals surface area contributed by atoms with Crippen LogP contribution < -0.4 is 5.32 Å².